The number of ether oxygens (including phenoxy) is 1. The van der Waals surface area contributed by atoms with Gasteiger partial charge in [0.25, 0.3) is 0 Å². The number of rotatable bonds is 5. The Balaban J connectivity index is 1.29. The molecule has 1 spiro atoms. The zero-order valence-corrected chi connectivity index (χ0v) is 15.3. The zero-order valence-electron chi connectivity index (χ0n) is 14.5. The smallest absolute Gasteiger partial charge is 0.315 e. The molecule has 2 aliphatic carbocycles. The Morgan fingerprint density at radius 2 is 2.33 bits per heavy atom. The molecule has 3 aliphatic rings. The summed E-state index contributed by atoms with van der Waals surface area (Å²) in [4.78, 5) is 17.9. The van der Waals surface area contributed by atoms with Crippen molar-refractivity contribution in [2.45, 2.75) is 64.6 Å². The lowest BCUT2D eigenvalue weighted by atomic mass is 9.46. The molecule has 2 saturated carbocycles. The minimum absolute atomic E-state index is 0.0459. The number of aromatic nitrogens is 1. The van der Waals surface area contributed by atoms with Gasteiger partial charge in [0.2, 0.25) is 0 Å². The minimum Gasteiger partial charge on any atom is -0.377 e. The number of hydrogen-bond acceptors (Lipinski definition) is 4. The standard InChI is InChI=1S/C18H27N3O2S/c1-11(2)8-14-19-9-12(24-14)10-20-17(22)21-15-13-4-7-23-16(13)18(15)5-3-6-18/h9,11,13,15-16H,3-8,10H2,1-2H3,(H2,20,21,22)/t13-,15-,16+/m1/s1. The van der Waals surface area contributed by atoms with Crippen molar-refractivity contribution in [2.24, 2.45) is 17.3 Å². The average Bonchev–Trinajstić information content (AvgIpc) is 3.08. The Morgan fingerprint density at radius 1 is 1.50 bits per heavy atom. The van der Waals surface area contributed by atoms with Crippen LogP contribution in [-0.2, 0) is 17.7 Å². The van der Waals surface area contributed by atoms with E-state index in [0.29, 0.717) is 30.5 Å². The summed E-state index contributed by atoms with van der Waals surface area (Å²) in [7, 11) is 0. The van der Waals surface area contributed by atoms with Gasteiger partial charge in [0.05, 0.1) is 17.7 Å². The highest BCUT2D eigenvalue weighted by Gasteiger charge is 2.66. The number of urea groups is 1. The third-order valence-corrected chi connectivity index (χ3v) is 6.95. The summed E-state index contributed by atoms with van der Waals surface area (Å²) in [6.07, 6.45) is 8.05. The second-order valence-corrected chi connectivity index (χ2v) is 9.15. The van der Waals surface area contributed by atoms with Crippen LogP contribution in [0.25, 0.3) is 0 Å². The van der Waals surface area contributed by atoms with E-state index in [1.54, 1.807) is 11.3 Å². The van der Waals surface area contributed by atoms with Crippen LogP contribution in [0.15, 0.2) is 6.20 Å². The molecule has 0 bridgehead atoms. The molecule has 1 aliphatic heterocycles. The van der Waals surface area contributed by atoms with Crippen molar-refractivity contribution < 1.29 is 9.53 Å². The fraction of sp³-hybridized carbons (Fsp3) is 0.778. The third-order valence-electron chi connectivity index (χ3n) is 5.93. The molecule has 2 N–H and O–H groups in total. The number of carbonyl (C=O) groups excluding carboxylic acids is 1. The Hall–Kier alpha value is -1.14. The first kappa shape index (κ1) is 16.3. The van der Waals surface area contributed by atoms with E-state index in [2.05, 4.69) is 29.5 Å². The van der Waals surface area contributed by atoms with E-state index in [4.69, 9.17) is 4.74 Å². The van der Waals surface area contributed by atoms with Gasteiger partial charge in [-0.15, -0.1) is 11.3 Å². The molecule has 24 heavy (non-hydrogen) atoms. The first-order valence-corrected chi connectivity index (χ1v) is 10.00. The van der Waals surface area contributed by atoms with Crippen molar-refractivity contribution >= 4 is 17.4 Å². The van der Waals surface area contributed by atoms with Gasteiger partial charge in [0.15, 0.2) is 0 Å². The van der Waals surface area contributed by atoms with E-state index in [1.807, 2.05) is 6.20 Å². The van der Waals surface area contributed by atoms with Crippen molar-refractivity contribution in [2.75, 3.05) is 6.61 Å². The molecule has 1 aromatic rings. The lowest BCUT2D eigenvalue weighted by Gasteiger charge is -2.63. The van der Waals surface area contributed by atoms with E-state index in [1.165, 1.54) is 19.3 Å². The van der Waals surface area contributed by atoms with Crippen LogP contribution in [-0.4, -0.2) is 29.8 Å². The molecule has 6 heteroatoms. The topological polar surface area (TPSA) is 63.2 Å². The largest absolute Gasteiger partial charge is 0.377 e. The highest BCUT2D eigenvalue weighted by atomic mass is 32.1. The third kappa shape index (κ3) is 2.73. The van der Waals surface area contributed by atoms with Crippen LogP contribution in [0.4, 0.5) is 4.79 Å². The number of thiazole rings is 1. The number of fused-ring (bicyclic) bond motifs is 2. The summed E-state index contributed by atoms with van der Waals surface area (Å²) < 4.78 is 5.91. The molecular weight excluding hydrogens is 322 g/mol. The molecule has 1 aromatic heterocycles. The number of amides is 2. The molecule has 2 amide bonds. The summed E-state index contributed by atoms with van der Waals surface area (Å²) >= 11 is 1.70. The van der Waals surface area contributed by atoms with Crippen LogP contribution >= 0.6 is 11.3 Å². The van der Waals surface area contributed by atoms with Crippen molar-refractivity contribution in [1.82, 2.24) is 15.6 Å². The molecule has 0 radical (unpaired) electrons. The quantitative estimate of drug-likeness (QED) is 0.858. The lowest BCUT2D eigenvalue weighted by molar-refractivity contribution is -0.172. The Labute approximate surface area is 147 Å². The maximum Gasteiger partial charge on any atom is 0.315 e. The second kappa shape index (κ2) is 6.30. The molecule has 5 nitrogen and oxygen atoms in total. The van der Waals surface area contributed by atoms with E-state index in [9.17, 15) is 4.79 Å². The number of carbonyl (C=O) groups is 1. The van der Waals surface area contributed by atoms with Gasteiger partial charge < -0.3 is 15.4 Å². The van der Waals surface area contributed by atoms with E-state index in [0.717, 1.165) is 29.3 Å². The highest BCUT2D eigenvalue weighted by molar-refractivity contribution is 7.11. The maximum atomic E-state index is 12.3. The van der Waals surface area contributed by atoms with Crippen LogP contribution in [0, 0.1) is 17.3 Å². The minimum atomic E-state index is -0.0459. The fourth-order valence-electron chi connectivity index (χ4n) is 4.69. The van der Waals surface area contributed by atoms with Gasteiger partial charge in [0.1, 0.15) is 0 Å². The highest BCUT2D eigenvalue weighted by Crippen LogP contribution is 2.62. The molecule has 4 rings (SSSR count). The fourth-order valence-corrected chi connectivity index (χ4v) is 5.76. The zero-order chi connectivity index (χ0) is 16.7. The van der Waals surface area contributed by atoms with Gasteiger partial charge in [-0.1, -0.05) is 20.3 Å². The Bertz CT molecular complexity index is 611. The summed E-state index contributed by atoms with van der Waals surface area (Å²) in [5, 5.41) is 7.41. The van der Waals surface area contributed by atoms with Crippen LogP contribution in [0.5, 0.6) is 0 Å². The monoisotopic (exact) mass is 349 g/mol. The number of nitrogens with zero attached hydrogens (tertiary/aromatic N) is 1. The van der Waals surface area contributed by atoms with Crippen LogP contribution < -0.4 is 10.6 Å². The SMILES string of the molecule is CC(C)Cc1ncc(CNC(=O)N[C@@H]2[C@H]3CCO[C@@H]3C23CCC3)s1. The Kier molecular flexibility index (Phi) is 4.29. The molecule has 132 valence electrons. The molecular formula is C18H27N3O2S. The molecule has 3 fully saturated rings. The number of nitrogens with one attached hydrogen (secondary N) is 2. The summed E-state index contributed by atoms with van der Waals surface area (Å²) in [6.45, 7) is 5.81. The van der Waals surface area contributed by atoms with Gasteiger partial charge >= 0.3 is 6.03 Å². The van der Waals surface area contributed by atoms with Gasteiger partial charge in [0, 0.05) is 41.5 Å². The molecule has 0 unspecified atom stereocenters. The predicted molar refractivity (Wildman–Crippen MR) is 93.9 cm³/mol. The molecule has 3 atom stereocenters. The van der Waals surface area contributed by atoms with Gasteiger partial charge in [-0.25, -0.2) is 9.78 Å². The van der Waals surface area contributed by atoms with Gasteiger partial charge in [-0.3, -0.25) is 0 Å². The van der Waals surface area contributed by atoms with Crippen molar-refractivity contribution in [3.63, 3.8) is 0 Å². The first-order valence-electron chi connectivity index (χ1n) is 9.18. The summed E-state index contributed by atoms with van der Waals surface area (Å²) in [5.41, 5.74) is 0.243. The maximum absolute atomic E-state index is 12.3. The van der Waals surface area contributed by atoms with Gasteiger partial charge in [-0.2, -0.15) is 0 Å². The summed E-state index contributed by atoms with van der Waals surface area (Å²) in [5.74, 6) is 1.14. The predicted octanol–water partition coefficient (Wildman–Crippen LogP) is 3.10. The molecule has 1 saturated heterocycles. The van der Waals surface area contributed by atoms with Crippen LogP contribution in [0.2, 0.25) is 0 Å². The van der Waals surface area contributed by atoms with Crippen molar-refractivity contribution in [3.8, 4) is 0 Å². The van der Waals surface area contributed by atoms with Crippen molar-refractivity contribution in [1.29, 1.82) is 0 Å². The lowest BCUT2D eigenvalue weighted by Crippen LogP contribution is -2.72. The van der Waals surface area contributed by atoms with Gasteiger partial charge in [-0.05, 0) is 25.2 Å². The molecule has 0 aromatic carbocycles. The average molecular weight is 350 g/mol. The van der Waals surface area contributed by atoms with E-state index in [-0.39, 0.29) is 11.4 Å². The van der Waals surface area contributed by atoms with E-state index >= 15 is 0 Å². The summed E-state index contributed by atoms with van der Waals surface area (Å²) in [6, 6.07) is 0.257. The molecule has 2 heterocycles. The Morgan fingerprint density at radius 3 is 3.04 bits per heavy atom. The second-order valence-electron chi connectivity index (χ2n) is 7.95. The van der Waals surface area contributed by atoms with Crippen molar-refractivity contribution in [3.05, 3.63) is 16.1 Å². The van der Waals surface area contributed by atoms with Crippen LogP contribution in [0.1, 0.15) is 49.4 Å². The first-order chi connectivity index (χ1) is 11.6. The number of hydrogen-bond donors (Lipinski definition) is 2. The van der Waals surface area contributed by atoms with Crippen LogP contribution in [0.3, 0.4) is 0 Å². The van der Waals surface area contributed by atoms with E-state index < -0.39 is 0 Å². The normalized spacial score (nSPS) is 29.9.